The predicted molar refractivity (Wildman–Crippen MR) is 118 cm³/mol. The van der Waals surface area contributed by atoms with Crippen LogP contribution in [0.4, 0.5) is 10.1 Å². The lowest BCUT2D eigenvalue weighted by molar-refractivity contribution is 0.459. The molecule has 1 aliphatic heterocycles. The van der Waals surface area contributed by atoms with Gasteiger partial charge in [0.25, 0.3) is 0 Å². The molecule has 0 spiro atoms. The number of nitrogens with zero attached hydrogens (tertiary/aromatic N) is 4. The standard InChI is InChI=1S/C20H21FN6S.ClH/c1-11-10-27-19(24-11)16(22-2)9-15(26-27)13-7-14(21)18-17(8-13)28-20(25-18)12-3-5-23-6-4-12;/h7-10,12,22-23H,3-6H2,1-2H3;1H. The van der Waals surface area contributed by atoms with Crippen molar-refractivity contribution >= 4 is 45.3 Å². The van der Waals surface area contributed by atoms with Crippen LogP contribution in [0.2, 0.25) is 0 Å². The molecule has 0 unspecified atom stereocenters. The number of halogens is 2. The number of rotatable bonds is 3. The highest BCUT2D eigenvalue weighted by Crippen LogP contribution is 2.36. The second-order valence-electron chi connectivity index (χ2n) is 7.22. The van der Waals surface area contributed by atoms with Crippen molar-refractivity contribution in [3.8, 4) is 11.3 Å². The Morgan fingerprint density at radius 1 is 1.21 bits per heavy atom. The summed E-state index contributed by atoms with van der Waals surface area (Å²) in [4.78, 5) is 9.12. The first-order chi connectivity index (χ1) is 13.6. The fourth-order valence-corrected chi connectivity index (χ4v) is 5.00. The van der Waals surface area contributed by atoms with Crippen LogP contribution in [-0.4, -0.2) is 39.7 Å². The van der Waals surface area contributed by atoms with Gasteiger partial charge in [0.15, 0.2) is 11.5 Å². The highest BCUT2D eigenvalue weighted by molar-refractivity contribution is 7.18. The minimum Gasteiger partial charge on any atom is -0.385 e. The van der Waals surface area contributed by atoms with Crippen LogP contribution in [0.15, 0.2) is 24.4 Å². The van der Waals surface area contributed by atoms with E-state index in [4.69, 9.17) is 0 Å². The summed E-state index contributed by atoms with van der Waals surface area (Å²) in [6, 6.07) is 5.45. The lowest BCUT2D eigenvalue weighted by Gasteiger charge is -2.20. The van der Waals surface area contributed by atoms with E-state index in [0.29, 0.717) is 17.1 Å². The molecule has 9 heteroatoms. The first-order valence-electron chi connectivity index (χ1n) is 9.48. The van der Waals surface area contributed by atoms with Gasteiger partial charge in [-0.25, -0.2) is 18.9 Å². The molecule has 6 nitrogen and oxygen atoms in total. The van der Waals surface area contributed by atoms with Crippen molar-refractivity contribution in [1.82, 2.24) is 24.9 Å². The minimum atomic E-state index is -0.293. The molecular weight excluding hydrogens is 411 g/mol. The van der Waals surface area contributed by atoms with Crippen LogP contribution in [0.5, 0.6) is 0 Å². The van der Waals surface area contributed by atoms with E-state index in [-0.39, 0.29) is 18.2 Å². The Hall–Kier alpha value is -2.29. The Kier molecular flexibility index (Phi) is 5.42. The lowest BCUT2D eigenvalue weighted by Crippen LogP contribution is -2.26. The van der Waals surface area contributed by atoms with Crippen LogP contribution in [0.25, 0.3) is 27.1 Å². The molecule has 0 saturated carbocycles. The molecule has 0 bridgehead atoms. The smallest absolute Gasteiger partial charge is 0.177 e. The van der Waals surface area contributed by atoms with Gasteiger partial charge in [0, 0.05) is 18.5 Å². The molecule has 1 fully saturated rings. The molecule has 5 rings (SSSR count). The predicted octanol–water partition coefficient (Wildman–Crippen LogP) is 4.38. The van der Waals surface area contributed by atoms with Gasteiger partial charge in [0.05, 0.1) is 33.0 Å². The number of aromatic nitrogens is 4. The van der Waals surface area contributed by atoms with Crippen LogP contribution in [0.3, 0.4) is 0 Å². The van der Waals surface area contributed by atoms with E-state index in [1.807, 2.05) is 32.3 Å². The zero-order chi connectivity index (χ0) is 19.3. The Morgan fingerprint density at radius 3 is 2.76 bits per heavy atom. The van der Waals surface area contributed by atoms with Crippen molar-refractivity contribution in [3.63, 3.8) is 0 Å². The molecule has 0 amide bonds. The number of hydrogen-bond acceptors (Lipinski definition) is 6. The average Bonchev–Trinajstić information content (AvgIpc) is 3.30. The van der Waals surface area contributed by atoms with E-state index < -0.39 is 0 Å². The minimum absolute atomic E-state index is 0. The van der Waals surface area contributed by atoms with Crippen LogP contribution >= 0.6 is 23.7 Å². The van der Waals surface area contributed by atoms with Gasteiger partial charge < -0.3 is 10.6 Å². The third-order valence-electron chi connectivity index (χ3n) is 5.26. The number of piperidine rings is 1. The molecule has 1 aliphatic rings. The number of thiazole rings is 1. The largest absolute Gasteiger partial charge is 0.385 e. The molecule has 4 heterocycles. The fraction of sp³-hybridized carbons (Fsp3) is 0.350. The monoisotopic (exact) mass is 432 g/mol. The van der Waals surface area contributed by atoms with Gasteiger partial charge in [0.1, 0.15) is 5.52 Å². The van der Waals surface area contributed by atoms with Gasteiger partial charge in [-0.05, 0) is 51.1 Å². The first-order valence-corrected chi connectivity index (χ1v) is 10.3. The Bertz CT molecular complexity index is 1180. The number of hydrogen-bond donors (Lipinski definition) is 2. The van der Waals surface area contributed by atoms with E-state index in [0.717, 1.165) is 58.2 Å². The second-order valence-corrected chi connectivity index (χ2v) is 8.29. The molecule has 152 valence electrons. The molecule has 2 N–H and O–H groups in total. The number of anilines is 1. The summed E-state index contributed by atoms with van der Waals surface area (Å²) in [5.74, 6) is 0.124. The maximum Gasteiger partial charge on any atom is 0.177 e. The van der Waals surface area contributed by atoms with E-state index >= 15 is 0 Å². The summed E-state index contributed by atoms with van der Waals surface area (Å²) in [5.41, 5.74) is 4.42. The van der Waals surface area contributed by atoms with Crippen molar-refractivity contribution < 1.29 is 4.39 Å². The van der Waals surface area contributed by atoms with Crippen molar-refractivity contribution in [3.05, 3.63) is 40.9 Å². The van der Waals surface area contributed by atoms with E-state index in [9.17, 15) is 4.39 Å². The number of nitrogens with one attached hydrogen (secondary N) is 2. The van der Waals surface area contributed by atoms with Crippen molar-refractivity contribution in [2.45, 2.75) is 25.7 Å². The van der Waals surface area contributed by atoms with Crippen LogP contribution in [0, 0.1) is 12.7 Å². The van der Waals surface area contributed by atoms with E-state index in [2.05, 4.69) is 25.7 Å². The summed E-state index contributed by atoms with van der Waals surface area (Å²) in [5, 5.41) is 12.2. The highest BCUT2D eigenvalue weighted by atomic mass is 35.5. The quantitative estimate of drug-likeness (QED) is 0.502. The summed E-state index contributed by atoms with van der Waals surface area (Å²) >= 11 is 1.60. The SMILES string of the molecule is CNc1cc(-c2cc(F)c3nc(C4CCNCC4)sc3c2)nn2cc(C)nc12.Cl. The number of aryl methyl sites for hydroxylation is 1. The third kappa shape index (κ3) is 3.56. The van der Waals surface area contributed by atoms with Gasteiger partial charge in [-0.3, -0.25) is 0 Å². The highest BCUT2D eigenvalue weighted by Gasteiger charge is 2.21. The van der Waals surface area contributed by atoms with Gasteiger partial charge >= 0.3 is 0 Å². The second kappa shape index (κ2) is 7.85. The van der Waals surface area contributed by atoms with Crippen LogP contribution in [-0.2, 0) is 0 Å². The van der Waals surface area contributed by atoms with E-state index in [1.165, 1.54) is 6.07 Å². The fourth-order valence-electron chi connectivity index (χ4n) is 3.81. The lowest BCUT2D eigenvalue weighted by atomic mass is 9.99. The van der Waals surface area contributed by atoms with Gasteiger partial charge in [-0.1, -0.05) is 0 Å². The summed E-state index contributed by atoms with van der Waals surface area (Å²) in [7, 11) is 1.85. The maximum atomic E-state index is 14.9. The number of fused-ring (bicyclic) bond motifs is 2. The van der Waals surface area contributed by atoms with E-state index in [1.54, 1.807) is 15.9 Å². The molecule has 0 atom stereocenters. The molecule has 1 saturated heterocycles. The molecule has 29 heavy (non-hydrogen) atoms. The molecule has 3 aromatic heterocycles. The first kappa shape index (κ1) is 20.0. The Balaban J connectivity index is 0.00000205. The zero-order valence-corrected chi connectivity index (χ0v) is 17.8. The summed E-state index contributed by atoms with van der Waals surface area (Å²) in [6.45, 7) is 3.92. The van der Waals surface area contributed by atoms with Gasteiger partial charge in [0.2, 0.25) is 0 Å². The summed E-state index contributed by atoms with van der Waals surface area (Å²) < 4.78 is 17.5. The topological polar surface area (TPSA) is 67.1 Å². The van der Waals surface area contributed by atoms with Crippen LogP contribution in [0.1, 0.15) is 29.5 Å². The molecular formula is C20H22ClFN6S. The Morgan fingerprint density at radius 2 is 2.00 bits per heavy atom. The van der Waals surface area contributed by atoms with Crippen molar-refractivity contribution in [2.75, 3.05) is 25.5 Å². The molecule has 0 aliphatic carbocycles. The maximum absolute atomic E-state index is 14.9. The summed E-state index contributed by atoms with van der Waals surface area (Å²) in [6.07, 6.45) is 3.98. The Labute approximate surface area is 178 Å². The van der Waals surface area contributed by atoms with Gasteiger partial charge in [-0.2, -0.15) is 5.10 Å². The molecule has 0 radical (unpaired) electrons. The zero-order valence-electron chi connectivity index (χ0n) is 16.2. The normalized spacial score (nSPS) is 15.0. The molecule has 1 aromatic carbocycles. The van der Waals surface area contributed by atoms with Gasteiger partial charge in [-0.15, -0.1) is 23.7 Å². The molecule has 4 aromatic rings. The average molecular weight is 433 g/mol. The van der Waals surface area contributed by atoms with Crippen molar-refractivity contribution in [1.29, 1.82) is 0 Å². The van der Waals surface area contributed by atoms with Crippen molar-refractivity contribution in [2.24, 2.45) is 0 Å². The number of imidazole rings is 1. The third-order valence-corrected chi connectivity index (χ3v) is 6.43. The van der Waals surface area contributed by atoms with Crippen LogP contribution < -0.4 is 10.6 Å². The number of benzene rings is 1.